The van der Waals surface area contributed by atoms with E-state index in [0.717, 1.165) is 6.07 Å². The van der Waals surface area contributed by atoms with Crippen molar-refractivity contribution in [1.29, 1.82) is 0 Å². The molecule has 0 saturated carbocycles. The van der Waals surface area contributed by atoms with Gasteiger partial charge in [-0.2, -0.15) is 13.4 Å². The molecular weight excluding hydrogens is 515 g/mol. The number of hydrogen-bond acceptors (Lipinski definition) is 10. The summed E-state index contributed by atoms with van der Waals surface area (Å²) in [5, 5.41) is 9.77. The number of methoxy groups -OCH3 is 1. The standard InChI is InChI=1S/C26H25FN4O6S/c1-3-36-22-11-15(10-17-14-30-26(29)31-25(17)28)12-23(24(22)16-4-6-18(32)7-5-16)37-38(33,34)19-8-9-21(35-2)20(27)13-19/h4-9,11-14,32H,3,10H2,1-2H3,(H4,28,29,30,31). The van der Waals surface area contributed by atoms with Crippen molar-refractivity contribution in [3.63, 3.8) is 0 Å². The first-order valence-electron chi connectivity index (χ1n) is 11.3. The predicted octanol–water partition coefficient (Wildman–Crippen LogP) is 3.92. The van der Waals surface area contributed by atoms with E-state index in [4.69, 9.17) is 25.1 Å². The second kappa shape index (κ2) is 10.8. The lowest BCUT2D eigenvalue weighted by Gasteiger charge is -2.18. The highest BCUT2D eigenvalue weighted by atomic mass is 32.2. The first kappa shape index (κ1) is 26.5. The molecule has 0 aliphatic rings. The summed E-state index contributed by atoms with van der Waals surface area (Å²) in [4.78, 5) is 7.52. The Kier molecular flexibility index (Phi) is 7.53. The molecule has 1 heterocycles. The van der Waals surface area contributed by atoms with Crippen LogP contribution in [-0.2, 0) is 16.5 Å². The number of hydrogen-bond donors (Lipinski definition) is 3. The van der Waals surface area contributed by atoms with Crippen LogP contribution in [0, 0.1) is 5.82 Å². The first-order valence-corrected chi connectivity index (χ1v) is 12.8. The molecule has 0 aliphatic carbocycles. The quantitative estimate of drug-likeness (QED) is 0.266. The lowest BCUT2D eigenvalue weighted by atomic mass is 9.98. The molecule has 4 aromatic rings. The molecule has 0 amide bonds. The van der Waals surface area contributed by atoms with E-state index in [-0.39, 0.29) is 42.0 Å². The maximum Gasteiger partial charge on any atom is 0.339 e. The zero-order chi connectivity index (χ0) is 27.4. The molecular formula is C26H25FN4O6S. The van der Waals surface area contributed by atoms with Gasteiger partial charge in [0.15, 0.2) is 17.3 Å². The van der Waals surface area contributed by atoms with E-state index in [0.29, 0.717) is 28.0 Å². The van der Waals surface area contributed by atoms with Crippen molar-refractivity contribution in [3.05, 3.63) is 77.7 Å². The smallest absolute Gasteiger partial charge is 0.339 e. The van der Waals surface area contributed by atoms with Gasteiger partial charge in [-0.25, -0.2) is 9.37 Å². The number of nitrogens with zero attached hydrogens (tertiary/aromatic N) is 2. The number of aromatic nitrogens is 2. The highest BCUT2D eigenvalue weighted by Gasteiger charge is 2.24. The SMILES string of the molecule is CCOc1cc(Cc2cnc(N)nc2N)cc(OS(=O)(=O)c2ccc(OC)c(F)c2)c1-c1ccc(O)cc1. The molecule has 0 unspecified atom stereocenters. The van der Waals surface area contributed by atoms with Crippen molar-refractivity contribution in [2.75, 3.05) is 25.2 Å². The molecule has 0 saturated heterocycles. The Labute approximate surface area is 218 Å². The van der Waals surface area contributed by atoms with E-state index < -0.39 is 20.8 Å². The summed E-state index contributed by atoms with van der Waals surface area (Å²) in [6, 6.07) is 12.5. The summed E-state index contributed by atoms with van der Waals surface area (Å²) in [5.41, 5.74) is 13.5. The molecule has 3 aromatic carbocycles. The Hall–Kier alpha value is -4.58. The number of aromatic hydroxyl groups is 1. The van der Waals surface area contributed by atoms with Crippen LogP contribution in [0.1, 0.15) is 18.1 Å². The second-order valence-electron chi connectivity index (χ2n) is 8.10. The number of phenols is 1. The predicted molar refractivity (Wildman–Crippen MR) is 139 cm³/mol. The number of halogens is 1. The van der Waals surface area contributed by atoms with Crippen LogP contribution >= 0.6 is 0 Å². The number of benzene rings is 3. The Balaban J connectivity index is 1.87. The number of nitrogen functional groups attached to an aromatic ring is 2. The zero-order valence-electron chi connectivity index (χ0n) is 20.5. The van der Waals surface area contributed by atoms with Gasteiger partial charge in [-0.05, 0) is 60.5 Å². The van der Waals surface area contributed by atoms with Gasteiger partial charge in [0.05, 0.1) is 19.3 Å². The Morgan fingerprint density at radius 1 is 1.00 bits per heavy atom. The summed E-state index contributed by atoms with van der Waals surface area (Å²) in [6.45, 7) is 2.04. The van der Waals surface area contributed by atoms with Gasteiger partial charge < -0.3 is 30.2 Å². The summed E-state index contributed by atoms with van der Waals surface area (Å²) < 4.78 is 57.2. The molecule has 0 bridgehead atoms. The molecule has 12 heteroatoms. The summed E-state index contributed by atoms with van der Waals surface area (Å²) in [5.74, 6) is -0.533. The number of ether oxygens (including phenoxy) is 2. The Morgan fingerprint density at radius 2 is 1.71 bits per heavy atom. The summed E-state index contributed by atoms with van der Waals surface area (Å²) in [6.07, 6.45) is 1.68. The van der Waals surface area contributed by atoms with Gasteiger partial charge in [-0.1, -0.05) is 12.1 Å². The van der Waals surface area contributed by atoms with Crippen LogP contribution in [0.15, 0.2) is 65.7 Å². The molecule has 5 N–H and O–H groups in total. The Morgan fingerprint density at radius 3 is 2.34 bits per heavy atom. The minimum atomic E-state index is -4.50. The van der Waals surface area contributed by atoms with Crippen molar-refractivity contribution in [3.8, 4) is 34.1 Å². The van der Waals surface area contributed by atoms with E-state index in [1.54, 1.807) is 25.1 Å². The number of phenolic OH excluding ortho intramolecular Hbond substituents is 1. The van der Waals surface area contributed by atoms with Crippen LogP contribution in [0.2, 0.25) is 0 Å². The fraction of sp³-hybridized carbons (Fsp3) is 0.154. The summed E-state index contributed by atoms with van der Waals surface area (Å²) >= 11 is 0. The van der Waals surface area contributed by atoms with Crippen LogP contribution in [-0.4, -0.2) is 37.2 Å². The van der Waals surface area contributed by atoms with Crippen LogP contribution in [0.5, 0.6) is 23.0 Å². The van der Waals surface area contributed by atoms with Crippen LogP contribution in [0.4, 0.5) is 16.2 Å². The van der Waals surface area contributed by atoms with Gasteiger partial charge in [0.2, 0.25) is 5.95 Å². The van der Waals surface area contributed by atoms with Crippen LogP contribution in [0.25, 0.3) is 11.1 Å². The fourth-order valence-corrected chi connectivity index (χ4v) is 4.70. The highest BCUT2D eigenvalue weighted by Crippen LogP contribution is 2.42. The van der Waals surface area contributed by atoms with Gasteiger partial charge in [-0.3, -0.25) is 0 Å². The average Bonchev–Trinajstić information content (AvgIpc) is 2.86. The van der Waals surface area contributed by atoms with Gasteiger partial charge in [0.25, 0.3) is 0 Å². The molecule has 0 aliphatic heterocycles. The van der Waals surface area contributed by atoms with Crippen LogP contribution < -0.4 is 25.1 Å². The van der Waals surface area contributed by atoms with E-state index in [1.807, 2.05) is 0 Å². The highest BCUT2D eigenvalue weighted by molar-refractivity contribution is 7.87. The molecule has 10 nitrogen and oxygen atoms in total. The molecule has 0 radical (unpaired) electrons. The minimum Gasteiger partial charge on any atom is -0.508 e. The van der Waals surface area contributed by atoms with Gasteiger partial charge in [-0.15, -0.1) is 0 Å². The third kappa shape index (κ3) is 5.70. The molecule has 4 rings (SSSR count). The maximum absolute atomic E-state index is 14.3. The molecule has 0 atom stereocenters. The fourth-order valence-electron chi connectivity index (χ4n) is 3.75. The monoisotopic (exact) mass is 540 g/mol. The van der Waals surface area contributed by atoms with Gasteiger partial charge in [0, 0.05) is 18.2 Å². The van der Waals surface area contributed by atoms with Crippen molar-refractivity contribution in [2.45, 2.75) is 18.2 Å². The third-order valence-electron chi connectivity index (χ3n) is 5.50. The number of rotatable bonds is 9. The number of nitrogens with two attached hydrogens (primary N) is 2. The maximum atomic E-state index is 14.3. The largest absolute Gasteiger partial charge is 0.508 e. The minimum absolute atomic E-state index is 0.0192. The van der Waals surface area contributed by atoms with E-state index in [1.165, 1.54) is 43.6 Å². The van der Waals surface area contributed by atoms with Crippen LogP contribution in [0.3, 0.4) is 0 Å². The summed E-state index contributed by atoms with van der Waals surface area (Å²) in [7, 11) is -3.23. The second-order valence-corrected chi connectivity index (χ2v) is 9.64. The normalized spacial score (nSPS) is 11.2. The third-order valence-corrected chi connectivity index (χ3v) is 6.73. The zero-order valence-corrected chi connectivity index (χ0v) is 21.3. The van der Waals surface area contributed by atoms with Gasteiger partial charge in [0.1, 0.15) is 22.2 Å². The lowest BCUT2D eigenvalue weighted by molar-refractivity contribution is 0.340. The van der Waals surface area contributed by atoms with E-state index >= 15 is 0 Å². The van der Waals surface area contributed by atoms with Gasteiger partial charge >= 0.3 is 10.1 Å². The lowest BCUT2D eigenvalue weighted by Crippen LogP contribution is -2.12. The molecule has 198 valence electrons. The Bertz CT molecular complexity index is 1580. The molecule has 0 spiro atoms. The van der Waals surface area contributed by atoms with E-state index in [9.17, 15) is 17.9 Å². The molecule has 1 aromatic heterocycles. The van der Waals surface area contributed by atoms with Crippen molar-refractivity contribution in [2.24, 2.45) is 0 Å². The molecule has 0 fully saturated rings. The molecule has 38 heavy (non-hydrogen) atoms. The van der Waals surface area contributed by atoms with Crippen molar-refractivity contribution < 1.29 is 31.6 Å². The van der Waals surface area contributed by atoms with E-state index in [2.05, 4.69) is 9.97 Å². The topological polar surface area (TPSA) is 160 Å². The first-order chi connectivity index (χ1) is 18.1. The number of anilines is 2. The average molecular weight is 541 g/mol. The van der Waals surface area contributed by atoms with Crippen molar-refractivity contribution >= 4 is 21.9 Å². The van der Waals surface area contributed by atoms with Crippen molar-refractivity contribution in [1.82, 2.24) is 9.97 Å².